The first-order valence-corrected chi connectivity index (χ1v) is 24.5. The highest BCUT2D eigenvalue weighted by atomic mass is 16.5. The quantitative estimate of drug-likeness (QED) is 0.0247. The first-order valence-electron chi connectivity index (χ1n) is 24.5. The summed E-state index contributed by atoms with van der Waals surface area (Å²) in [5, 5.41) is 23.6. The first kappa shape index (κ1) is 55.6. The number of aliphatic hydroxyl groups excluding tert-OH is 2. The summed E-state index contributed by atoms with van der Waals surface area (Å²) in [5.74, 6) is -0.590. The van der Waals surface area contributed by atoms with Gasteiger partial charge in [-0.05, 0) is 70.6 Å². The second kappa shape index (κ2) is 45.6. The second-order valence-electron chi connectivity index (χ2n) is 16.6. The summed E-state index contributed by atoms with van der Waals surface area (Å²) in [5.41, 5.74) is 0. The van der Waals surface area contributed by atoms with Gasteiger partial charge in [0.15, 0.2) is 0 Å². The van der Waals surface area contributed by atoms with Crippen LogP contribution in [0.25, 0.3) is 0 Å². The van der Waals surface area contributed by atoms with Gasteiger partial charge in [-0.3, -0.25) is 9.59 Å². The lowest BCUT2D eigenvalue weighted by Gasteiger charge is -2.24. The minimum Gasteiger partial charge on any atom is -0.462 e. The molecular weight excluding hydrogens is 719 g/mol. The van der Waals surface area contributed by atoms with Gasteiger partial charge in [0.2, 0.25) is 5.91 Å². The molecular formula is C52H93NO5. The van der Waals surface area contributed by atoms with E-state index in [1.54, 1.807) is 0 Å². The van der Waals surface area contributed by atoms with Gasteiger partial charge in [-0.1, -0.05) is 210 Å². The number of amides is 1. The molecule has 0 rings (SSSR count). The van der Waals surface area contributed by atoms with E-state index in [9.17, 15) is 19.8 Å². The molecule has 6 heteroatoms. The number of allylic oxidation sites excluding steroid dienone is 10. The average molecular weight is 812 g/mol. The highest BCUT2D eigenvalue weighted by Gasteiger charge is 2.24. The molecule has 336 valence electrons. The molecule has 0 aliphatic rings. The van der Waals surface area contributed by atoms with E-state index in [1.807, 2.05) is 6.08 Å². The van der Waals surface area contributed by atoms with Gasteiger partial charge in [0.1, 0.15) is 6.10 Å². The zero-order chi connectivity index (χ0) is 42.4. The number of aliphatic hydroxyl groups is 2. The third-order valence-corrected chi connectivity index (χ3v) is 10.9. The standard InChI is InChI=1S/C52H93NO5/c1-4-7-10-13-16-19-22-24-25-26-28-29-31-34-37-40-43-48(58-52(57)45-42-39-36-33-30-27-23-20-17-14-11-8-5-2)46-51(56)53-49(47-54)50(55)44-41-38-35-32-21-18-15-12-9-6-3/h22,24-30,36,39,48-50,54-55H,4-21,23,31-35,37-38,40-47H2,1-3H3,(H,53,56)/b24-22+,26-25+,29-28+,30-27-,39-36+. The van der Waals surface area contributed by atoms with Crippen molar-refractivity contribution in [2.45, 2.75) is 251 Å². The SMILES string of the molecule is CCCCCCC/C=C/C=C/C=C/CCCCCC(CC(=O)NC(CO)C(O)CCCCCCCCCCCC)OC(=O)CC/C=C/C/C=C\CCCCCCCC. The lowest BCUT2D eigenvalue weighted by molar-refractivity contribution is -0.150. The summed E-state index contributed by atoms with van der Waals surface area (Å²) in [6.07, 6.45) is 55.7. The monoisotopic (exact) mass is 812 g/mol. The van der Waals surface area contributed by atoms with Crippen LogP contribution in [0.15, 0.2) is 60.8 Å². The van der Waals surface area contributed by atoms with Crippen molar-refractivity contribution in [3.8, 4) is 0 Å². The molecule has 6 nitrogen and oxygen atoms in total. The fourth-order valence-corrected chi connectivity index (χ4v) is 7.13. The minimum atomic E-state index is -0.805. The Balaban J connectivity index is 4.76. The second-order valence-corrected chi connectivity index (χ2v) is 16.6. The molecule has 0 bridgehead atoms. The van der Waals surface area contributed by atoms with Crippen LogP contribution in [0.5, 0.6) is 0 Å². The maximum absolute atomic E-state index is 13.1. The van der Waals surface area contributed by atoms with Gasteiger partial charge < -0.3 is 20.3 Å². The number of ether oxygens (including phenoxy) is 1. The average Bonchev–Trinajstić information content (AvgIpc) is 3.22. The number of nitrogens with one attached hydrogen (secondary N) is 1. The van der Waals surface area contributed by atoms with Gasteiger partial charge in [-0.15, -0.1) is 0 Å². The molecule has 0 aromatic carbocycles. The minimum absolute atomic E-state index is 0.0312. The Morgan fingerprint density at radius 1 is 0.517 bits per heavy atom. The van der Waals surface area contributed by atoms with E-state index >= 15 is 0 Å². The van der Waals surface area contributed by atoms with Gasteiger partial charge in [0.25, 0.3) is 0 Å². The van der Waals surface area contributed by atoms with Gasteiger partial charge in [-0.25, -0.2) is 0 Å². The van der Waals surface area contributed by atoms with E-state index in [4.69, 9.17) is 4.74 Å². The van der Waals surface area contributed by atoms with Gasteiger partial charge in [0, 0.05) is 6.42 Å². The summed E-state index contributed by atoms with van der Waals surface area (Å²) >= 11 is 0. The van der Waals surface area contributed by atoms with Crippen molar-refractivity contribution in [1.29, 1.82) is 0 Å². The molecule has 3 unspecified atom stereocenters. The summed E-state index contributed by atoms with van der Waals surface area (Å²) in [6, 6.07) is -0.723. The topological polar surface area (TPSA) is 95.9 Å². The van der Waals surface area contributed by atoms with Crippen molar-refractivity contribution in [1.82, 2.24) is 5.32 Å². The van der Waals surface area contributed by atoms with E-state index in [0.29, 0.717) is 19.3 Å². The Hall–Kier alpha value is -2.44. The molecule has 0 saturated heterocycles. The highest BCUT2D eigenvalue weighted by molar-refractivity contribution is 5.77. The number of rotatable bonds is 43. The molecule has 1 amide bonds. The highest BCUT2D eigenvalue weighted by Crippen LogP contribution is 2.16. The van der Waals surface area contributed by atoms with Crippen LogP contribution < -0.4 is 5.32 Å². The molecule has 0 aliphatic heterocycles. The molecule has 0 radical (unpaired) electrons. The number of carbonyl (C=O) groups excluding carboxylic acids is 2. The van der Waals surface area contributed by atoms with Crippen LogP contribution in [0.3, 0.4) is 0 Å². The lowest BCUT2D eigenvalue weighted by Crippen LogP contribution is -2.46. The zero-order valence-corrected chi connectivity index (χ0v) is 38.2. The number of carbonyl (C=O) groups is 2. The van der Waals surface area contributed by atoms with Crippen molar-refractivity contribution < 1.29 is 24.5 Å². The third kappa shape index (κ3) is 40.3. The van der Waals surface area contributed by atoms with Gasteiger partial charge in [-0.2, -0.15) is 0 Å². The normalized spacial score (nSPS) is 13.8. The van der Waals surface area contributed by atoms with Crippen LogP contribution in [-0.2, 0) is 14.3 Å². The van der Waals surface area contributed by atoms with Crippen LogP contribution >= 0.6 is 0 Å². The molecule has 0 heterocycles. The number of hydrogen-bond acceptors (Lipinski definition) is 5. The molecule has 0 aliphatic carbocycles. The summed E-state index contributed by atoms with van der Waals surface area (Å²) in [7, 11) is 0. The molecule has 3 N–H and O–H groups in total. The van der Waals surface area contributed by atoms with E-state index in [-0.39, 0.29) is 31.3 Å². The smallest absolute Gasteiger partial charge is 0.306 e. The van der Waals surface area contributed by atoms with Gasteiger partial charge in [0.05, 0.1) is 25.2 Å². The van der Waals surface area contributed by atoms with Crippen LogP contribution in [0.2, 0.25) is 0 Å². The first-order chi connectivity index (χ1) is 28.5. The Morgan fingerprint density at radius 2 is 0.948 bits per heavy atom. The zero-order valence-electron chi connectivity index (χ0n) is 38.2. The van der Waals surface area contributed by atoms with Crippen LogP contribution in [0.4, 0.5) is 0 Å². The number of hydrogen-bond donors (Lipinski definition) is 3. The van der Waals surface area contributed by atoms with Crippen molar-refractivity contribution in [3.63, 3.8) is 0 Å². The maximum Gasteiger partial charge on any atom is 0.306 e. The van der Waals surface area contributed by atoms with E-state index < -0.39 is 18.2 Å². The fourth-order valence-electron chi connectivity index (χ4n) is 7.13. The van der Waals surface area contributed by atoms with Crippen molar-refractivity contribution >= 4 is 11.9 Å². The lowest BCUT2D eigenvalue weighted by atomic mass is 10.0. The Bertz CT molecular complexity index is 1050. The van der Waals surface area contributed by atoms with Crippen molar-refractivity contribution in [2.75, 3.05) is 6.61 Å². The van der Waals surface area contributed by atoms with Gasteiger partial charge >= 0.3 is 5.97 Å². The van der Waals surface area contributed by atoms with E-state index in [0.717, 1.165) is 64.2 Å². The Kier molecular flexibility index (Phi) is 43.7. The fraction of sp³-hybridized carbons (Fsp3) is 0.769. The number of esters is 1. The van der Waals surface area contributed by atoms with Crippen LogP contribution in [0, 0.1) is 0 Å². The summed E-state index contributed by atoms with van der Waals surface area (Å²) < 4.78 is 5.86. The Morgan fingerprint density at radius 3 is 1.47 bits per heavy atom. The molecule has 0 fully saturated rings. The predicted molar refractivity (Wildman–Crippen MR) is 250 cm³/mol. The number of unbranched alkanes of at least 4 members (excludes halogenated alkanes) is 23. The van der Waals surface area contributed by atoms with Crippen molar-refractivity contribution in [3.05, 3.63) is 60.8 Å². The molecule has 0 aromatic heterocycles. The molecule has 0 spiro atoms. The molecule has 0 saturated carbocycles. The molecule has 58 heavy (non-hydrogen) atoms. The van der Waals surface area contributed by atoms with Crippen molar-refractivity contribution in [2.24, 2.45) is 0 Å². The predicted octanol–water partition coefficient (Wildman–Crippen LogP) is 14.5. The largest absolute Gasteiger partial charge is 0.462 e. The maximum atomic E-state index is 13.1. The summed E-state index contributed by atoms with van der Waals surface area (Å²) in [4.78, 5) is 26.0. The molecule has 3 atom stereocenters. The Labute approximate surface area is 358 Å². The van der Waals surface area contributed by atoms with Crippen LogP contribution in [-0.4, -0.2) is 46.9 Å². The van der Waals surface area contributed by atoms with E-state index in [1.165, 1.54) is 116 Å². The summed E-state index contributed by atoms with van der Waals surface area (Å²) in [6.45, 7) is 6.41. The molecule has 0 aromatic rings. The van der Waals surface area contributed by atoms with Crippen LogP contribution in [0.1, 0.15) is 233 Å². The third-order valence-electron chi connectivity index (χ3n) is 10.9. The van der Waals surface area contributed by atoms with E-state index in [2.05, 4.69) is 80.8 Å².